The summed E-state index contributed by atoms with van der Waals surface area (Å²) >= 11 is 0. The SMILES string of the molecule is CNC(=O)OC1CCC(CC(=O)Nc2cnc(-c3ccc(C4(NC(=O)OC(C)(C)C)CC4)c(F)c3)c(-c3ccccc3)c2)CC1. The number of nitrogens with one attached hydrogen (secondary N) is 3. The Balaban J connectivity index is 1.31. The molecule has 3 aromatic rings. The molecule has 10 heteroatoms. The molecular formula is C35H41FN4O5. The number of alkyl carbamates (subject to hydrolysis) is 2. The second-order valence-corrected chi connectivity index (χ2v) is 12.9. The highest BCUT2D eigenvalue weighted by atomic mass is 19.1. The number of pyridine rings is 1. The first-order valence-corrected chi connectivity index (χ1v) is 15.5. The van der Waals surface area contributed by atoms with Crippen LogP contribution in [0.4, 0.5) is 19.7 Å². The molecule has 0 spiro atoms. The molecule has 238 valence electrons. The van der Waals surface area contributed by atoms with Crippen LogP contribution in [0.1, 0.15) is 71.3 Å². The third-order valence-electron chi connectivity index (χ3n) is 8.25. The average Bonchev–Trinajstić information content (AvgIpc) is 3.77. The number of nitrogens with zero attached hydrogens (tertiary/aromatic N) is 1. The van der Waals surface area contributed by atoms with E-state index in [1.807, 2.05) is 42.5 Å². The summed E-state index contributed by atoms with van der Waals surface area (Å²) in [5.74, 6) is -0.340. The van der Waals surface area contributed by atoms with Gasteiger partial charge in [-0.25, -0.2) is 14.0 Å². The lowest BCUT2D eigenvalue weighted by Crippen LogP contribution is -2.39. The summed E-state index contributed by atoms with van der Waals surface area (Å²) in [6.45, 7) is 5.36. The van der Waals surface area contributed by atoms with Gasteiger partial charge in [-0.2, -0.15) is 0 Å². The first-order chi connectivity index (χ1) is 21.4. The van der Waals surface area contributed by atoms with Crippen LogP contribution in [0, 0.1) is 11.7 Å². The molecule has 3 N–H and O–H groups in total. The zero-order valence-corrected chi connectivity index (χ0v) is 26.2. The molecule has 2 saturated carbocycles. The Morgan fingerprint density at radius 3 is 2.29 bits per heavy atom. The number of hydrogen-bond donors (Lipinski definition) is 3. The molecule has 45 heavy (non-hydrogen) atoms. The van der Waals surface area contributed by atoms with E-state index in [2.05, 4.69) is 20.9 Å². The summed E-state index contributed by atoms with van der Waals surface area (Å²) < 4.78 is 26.4. The van der Waals surface area contributed by atoms with Gasteiger partial charge in [-0.1, -0.05) is 42.5 Å². The monoisotopic (exact) mass is 616 g/mol. The number of carbonyl (C=O) groups is 3. The number of amides is 3. The zero-order valence-electron chi connectivity index (χ0n) is 26.2. The van der Waals surface area contributed by atoms with Crippen molar-refractivity contribution in [3.05, 3.63) is 72.2 Å². The molecule has 3 amide bonds. The van der Waals surface area contributed by atoms with Crippen molar-refractivity contribution >= 4 is 23.8 Å². The normalized spacial score (nSPS) is 18.8. The molecule has 0 atom stereocenters. The minimum absolute atomic E-state index is 0.109. The minimum Gasteiger partial charge on any atom is -0.446 e. The van der Waals surface area contributed by atoms with Crippen LogP contribution in [-0.2, 0) is 19.8 Å². The third kappa shape index (κ3) is 8.17. The van der Waals surface area contributed by atoms with Crippen LogP contribution in [0.25, 0.3) is 22.4 Å². The highest BCUT2D eigenvalue weighted by Gasteiger charge is 2.48. The summed E-state index contributed by atoms with van der Waals surface area (Å²) in [5, 5.41) is 8.33. The summed E-state index contributed by atoms with van der Waals surface area (Å²) in [6, 6.07) is 16.5. The van der Waals surface area contributed by atoms with Crippen LogP contribution in [-0.4, -0.2) is 41.8 Å². The number of ether oxygens (including phenoxy) is 2. The van der Waals surface area contributed by atoms with Crippen molar-refractivity contribution in [1.82, 2.24) is 15.6 Å². The molecule has 5 rings (SSSR count). The maximum Gasteiger partial charge on any atom is 0.408 e. The van der Waals surface area contributed by atoms with Crippen molar-refractivity contribution < 1.29 is 28.2 Å². The molecule has 0 aliphatic heterocycles. The van der Waals surface area contributed by atoms with Crippen LogP contribution < -0.4 is 16.0 Å². The fourth-order valence-electron chi connectivity index (χ4n) is 5.88. The molecule has 0 radical (unpaired) electrons. The highest BCUT2D eigenvalue weighted by Crippen LogP contribution is 2.47. The summed E-state index contributed by atoms with van der Waals surface area (Å²) in [6.07, 6.45) is 5.14. The smallest absolute Gasteiger partial charge is 0.408 e. The molecule has 1 heterocycles. The van der Waals surface area contributed by atoms with E-state index in [4.69, 9.17) is 9.47 Å². The van der Waals surface area contributed by atoms with Gasteiger partial charge in [0, 0.05) is 30.2 Å². The van der Waals surface area contributed by atoms with Crippen LogP contribution in [0.5, 0.6) is 0 Å². The lowest BCUT2D eigenvalue weighted by Gasteiger charge is -2.27. The van der Waals surface area contributed by atoms with Gasteiger partial charge >= 0.3 is 12.2 Å². The Labute approximate surface area is 263 Å². The predicted octanol–water partition coefficient (Wildman–Crippen LogP) is 7.31. The molecule has 1 aromatic heterocycles. The predicted molar refractivity (Wildman–Crippen MR) is 170 cm³/mol. The number of anilines is 1. The molecule has 2 fully saturated rings. The van der Waals surface area contributed by atoms with Crippen molar-refractivity contribution in [3.63, 3.8) is 0 Å². The fraction of sp³-hybridized carbons (Fsp3) is 0.429. The van der Waals surface area contributed by atoms with Crippen molar-refractivity contribution in [2.75, 3.05) is 12.4 Å². The Kier molecular flexibility index (Phi) is 9.41. The number of benzene rings is 2. The highest BCUT2D eigenvalue weighted by molar-refractivity contribution is 5.93. The lowest BCUT2D eigenvalue weighted by atomic mass is 9.85. The van der Waals surface area contributed by atoms with E-state index in [0.29, 0.717) is 41.8 Å². The van der Waals surface area contributed by atoms with Crippen molar-refractivity contribution in [2.45, 2.75) is 83.0 Å². The van der Waals surface area contributed by atoms with E-state index in [0.717, 1.165) is 36.8 Å². The molecule has 9 nitrogen and oxygen atoms in total. The van der Waals surface area contributed by atoms with E-state index >= 15 is 4.39 Å². The number of hydrogen-bond acceptors (Lipinski definition) is 6. The Hall–Kier alpha value is -4.47. The van der Waals surface area contributed by atoms with Gasteiger partial charge in [0.1, 0.15) is 17.5 Å². The van der Waals surface area contributed by atoms with Crippen LogP contribution in [0.2, 0.25) is 0 Å². The van der Waals surface area contributed by atoms with E-state index < -0.39 is 29.1 Å². The van der Waals surface area contributed by atoms with Crippen molar-refractivity contribution in [2.24, 2.45) is 5.92 Å². The number of carbonyl (C=O) groups excluding carboxylic acids is 3. The second-order valence-electron chi connectivity index (χ2n) is 12.9. The molecular weight excluding hydrogens is 575 g/mol. The maximum atomic E-state index is 15.7. The topological polar surface area (TPSA) is 119 Å². The summed E-state index contributed by atoms with van der Waals surface area (Å²) in [4.78, 5) is 41.6. The van der Waals surface area contributed by atoms with Gasteiger partial charge < -0.3 is 25.4 Å². The quantitative estimate of drug-likeness (QED) is 0.244. The third-order valence-corrected chi connectivity index (χ3v) is 8.25. The summed E-state index contributed by atoms with van der Waals surface area (Å²) in [5.41, 5.74) is 2.30. The Morgan fingerprint density at radius 2 is 1.67 bits per heavy atom. The van der Waals surface area contributed by atoms with Gasteiger partial charge in [0.05, 0.1) is 23.1 Å². The zero-order chi connectivity index (χ0) is 32.2. The van der Waals surface area contributed by atoms with Gasteiger partial charge in [-0.05, 0) is 82.9 Å². The van der Waals surface area contributed by atoms with Gasteiger partial charge in [-0.15, -0.1) is 0 Å². The van der Waals surface area contributed by atoms with Gasteiger partial charge in [0.15, 0.2) is 0 Å². The van der Waals surface area contributed by atoms with Gasteiger partial charge in [0.25, 0.3) is 0 Å². The Morgan fingerprint density at radius 1 is 0.956 bits per heavy atom. The standard InChI is InChI=1S/C35H41FN4O5/c1-34(2,3)45-33(43)40-35(16-17-35)28-15-12-24(19-29(28)36)31-27(23-8-6-5-7-9-23)20-25(21-38-31)39-30(41)18-22-10-13-26(14-11-22)44-32(42)37-4/h5-9,12,15,19-22,26H,10-11,13-14,16-18H2,1-4H3,(H,37,42)(H,39,41)(H,40,43). The van der Waals surface area contributed by atoms with Crippen molar-refractivity contribution in [3.8, 4) is 22.4 Å². The van der Waals surface area contributed by atoms with Gasteiger partial charge in [-0.3, -0.25) is 9.78 Å². The van der Waals surface area contributed by atoms with Crippen LogP contribution >= 0.6 is 0 Å². The van der Waals surface area contributed by atoms with E-state index in [1.54, 1.807) is 33.0 Å². The molecule has 0 saturated heterocycles. The molecule has 2 aromatic carbocycles. The van der Waals surface area contributed by atoms with E-state index in [9.17, 15) is 14.4 Å². The van der Waals surface area contributed by atoms with Crippen molar-refractivity contribution in [1.29, 1.82) is 0 Å². The number of aromatic nitrogens is 1. The average molecular weight is 617 g/mol. The molecule has 2 aliphatic carbocycles. The summed E-state index contributed by atoms with van der Waals surface area (Å²) in [7, 11) is 1.54. The first-order valence-electron chi connectivity index (χ1n) is 15.5. The molecule has 0 unspecified atom stereocenters. The minimum atomic E-state index is -0.787. The molecule has 2 aliphatic rings. The lowest BCUT2D eigenvalue weighted by molar-refractivity contribution is -0.117. The second kappa shape index (κ2) is 13.3. The first kappa shape index (κ1) is 31.9. The fourth-order valence-corrected chi connectivity index (χ4v) is 5.88. The van der Waals surface area contributed by atoms with Crippen LogP contribution in [0.15, 0.2) is 60.8 Å². The van der Waals surface area contributed by atoms with Gasteiger partial charge in [0.2, 0.25) is 5.91 Å². The van der Waals surface area contributed by atoms with E-state index in [1.165, 1.54) is 13.1 Å². The number of halogens is 1. The van der Waals surface area contributed by atoms with Crippen LogP contribution in [0.3, 0.4) is 0 Å². The number of rotatable bonds is 8. The largest absolute Gasteiger partial charge is 0.446 e. The Bertz CT molecular complexity index is 1540. The maximum absolute atomic E-state index is 15.7. The van der Waals surface area contributed by atoms with E-state index in [-0.39, 0.29) is 17.9 Å². The molecule has 0 bridgehead atoms.